The standard InChI is InChI=1S/C21H31N5O8S/c1-35-7-6-14(21(33)34)24-19(31)15(8-11-2-4-12(28)5-3-11)25-20(32)16(10-27)26-18(30)13(22)9-17(23)29/h2-5,13-16,27-28H,6-10,22H2,1H3,(H2,23,29)(H,24,31)(H,25,32)(H,26,30)(H,33,34). The number of rotatable bonds is 15. The highest BCUT2D eigenvalue weighted by atomic mass is 32.2. The van der Waals surface area contributed by atoms with Crippen molar-refractivity contribution in [1.29, 1.82) is 0 Å². The number of aliphatic carboxylic acids is 1. The average molecular weight is 514 g/mol. The third-order valence-electron chi connectivity index (χ3n) is 4.81. The van der Waals surface area contributed by atoms with Crippen LogP contribution in [0.5, 0.6) is 5.75 Å². The van der Waals surface area contributed by atoms with Gasteiger partial charge in [0.05, 0.1) is 19.1 Å². The zero-order valence-electron chi connectivity index (χ0n) is 19.1. The van der Waals surface area contributed by atoms with E-state index in [1.165, 1.54) is 36.0 Å². The molecule has 0 saturated carbocycles. The van der Waals surface area contributed by atoms with E-state index >= 15 is 0 Å². The van der Waals surface area contributed by atoms with Crippen LogP contribution >= 0.6 is 11.8 Å². The Hall–Kier alpha value is -3.36. The van der Waals surface area contributed by atoms with Crippen LogP contribution in [0.4, 0.5) is 0 Å². The first-order valence-electron chi connectivity index (χ1n) is 10.5. The molecule has 194 valence electrons. The Kier molecular flexibility index (Phi) is 12.6. The molecular weight excluding hydrogens is 482 g/mol. The van der Waals surface area contributed by atoms with Crippen molar-refractivity contribution in [2.24, 2.45) is 11.5 Å². The average Bonchev–Trinajstić information content (AvgIpc) is 2.79. The molecule has 4 unspecified atom stereocenters. The zero-order valence-corrected chi connectivity index (χ0v) is 19.9. The summed E-state index contributed by atoms with van der Waals surface area (Å²) < 4.78 is 0. The van der Waals surface area contributed by atoms with Gasteiger partial charge >= 0.3 is 5.97 Å². The number of benzene rings is 1. The fraction of sp³-hybridized carbons (Fsp3) is 0.476. The van der Waals surface area contributed by atoms with Gasteiger partial charge in [0.25, 0.3) is 0 Å². The van der Waals surface area contributed by atoms with Crippen LogP contribution < -0.4 is 27.4 Å². The molecule has 0 aliphatic carbocycles. The second-order valence-electron chi connectivity index (χ2n) is 7.63. The predicted octanol–water partition coefficient (Wildman–Crippen LogP) is -2.58. The number of aliphatic hydroxyl groups is 1. The Morgan fingerprint density at radius 2 is 1.49 bits per heavy atom. The van der Waals surface area contributed by atoms with E-state index in [1.54, 1.807) is 6.26 Å². The summed E-state index contributed by atoms with van der Waals surface area (Å²) in [4.78, 5) is 60.3. The van der Waals surface area contributed by atoms with Crippen LogP contribution in [0.1, 0.15) is 18.4 Å². The normalized spacial score (nSPS) is 14.1. The molecule has 1 aromatic carbocycles. The molecule has 0 fully saturated rings. The molecule has 10 N–H and O–H groups in total. The van der Waals surface area contributed by atoms with Crippen molar-refractivity contribution in [1.82, 2.24) is 16.0 Å². The summed E-state index contributed by atoms with van der Waals surface area (Å²) in [5.74, 6) is -4.28. The summed E-state index contributed by atoms with van der Waals surface area (Å²) in [6.07, 6.45) is 1.37. The molecule has 14 heteroatoms. The van der Waals surface area contributed by atoms with Crippen LogP contribution in [0.2, 0.25) is 0 Å². The first-order chi connectivity index (χ1) is 16.5. The highest BCUT2D eigenvalue weighted by Crippen LogP contribution is 2.12. The molecule has 0 aromatic heterocycles. The number of carbonyl (C=O) groups is 5. The maximum absolute atomic E-state index is 12.9. The number of aliphatic hydroxyl groups excluding tert-OH is 1. The van der Waals surface area contributed by atoms with Gasteiger partial charge in [0, 0.05) is 6.42 Å². The minimum atomic E-state index is -1.51. The lowest BCUT2D eigenvalue weighted by Gasteiger charge is -2.24. The number of amides is 4. The van der Waals surface area contributed by atoms with Crippen LogP contribution in [0.3, 0.4) is 0 Å². The first kappa shape index (κ1) is 29.7. The molecule has 13 nitrogen and oxygen atoms in total. The second-order valence-corrected chi connectivity index (χ2v) is 8.62. The Balaban J connectivity index is 3.03. The first-order valence-corrected chi connectivity index (χ1v) is 11.9. The molecule has 35 heavy (non-hydrogen) atoms. The lowest BCUT2D eigenvalue weighted by Crippen LogP contribution is -2.58. The summed E-state index contributed by atoms with van der Waals surface area (Å²) in [5, 5.41) is 35.4. The highest BCUT2D eigenvalue weighted by Gasteiger charge is 2.30. The van der Waals surface area contributed by atoms with E-state index < -0.39 is 66.8 Å². The SMILES string of the molecule is CSCCC(NC(=O)C(Cc1ccc(O)cc1)NC(=O)C(CO)NC(=O)C(N)CC(N)=O)C(=O)O. The Labute approximate surface area is 206 Å². The van der Waals surface area contributed by atoms with Gasteiger partial charge in [0.15, 0.2) is 0 Å². The molecule has 0 heterocycles. The molecule has 0 radical (unpaired) electrons. The molecule has 1 rings (SSSR count). The number of thioether (sulfide) groups is 1. The lowest BCUT2D eigenvalue weighted by molar-refractivity contribution is -0.142. The number of primary amides is 1. The predicted molar refractivity (Wildman–Crippen MR) is 127 cm³/mol. The van der Waals surface area contributed by atoms with E-state index in [-0.39, 0.29) is 18.6 Å². The van der Waals surface area contributed by atoms with E-state index in [0.29, 0.717) is 11.3 Å². The van der Waals surface area contributed by atoms with Crippen molar-refractivity contribution in [3.8, 4) is 5.75 Å². The van der Waals surface area contributed by atoms with E-state index in [2.05, 4.69) is 16.0 Å². The molecule has 0 aliphatic rings. The molecule has 4 atom stereocenters. The molecule has 0 bridgehead atoms. The van der Waals surface area contributed by atoms with Crippen LogP contribution in [-0.2, 0) is 30.4 Å². The van der Waals surface area contributed by atoms with Gasteiger partial charge in [-0.05, 0) is 36.1 Å². The number of nitrogens with two attached hydrogens (primary N) is 2. The third-order valence-corrected chi connectivity index (χ3v) is 5.45. The van der Waals surface area contributed by atoms with E-state index in [9.17, 15) is 39.3 Å². The van der Waals surface area contributed by atoms with Crippen molar-refractivity contribution in [2.45, 2.75) is 43.4 Å². The van der Waals surface area contributed by atoms with Crippen LogP contribution in [0, 0.1) is 0 Å². The topological polar surface area (TPSA) is 234 Å². The number of phenols is 1. The zero-order chi connectivity index (χ0) is 26.5. The van der Waals surface area contributed by atoms with Gasteiger partial charge in [-0.3, -0.25) is 19.2 Å². The smallest absolute Gasteiger partial charge is 0.326 e. The van der Waals surface area contributed by atoms with Gasteiger partial charge in [-0.15, -0.1) is 0 Å². The monoisotopic (exact) mass is 513 g/mol. The van der Waals surface area contributed by atoms with E-state index in [0.717, 1.165) is 0 Å². The van der Waals surface area contributed by atoms with E-state index in [1.807, 2.05) is 0 Å². The molecule has 1 aromatic rings. The Morgan fingerprint density at radius 3 is 2.00 bits per heavy atom. The molecule has 4 amide bonds. The van der Waals surface area contributed by atoms with Gasteiger partial charge in [0.2, 0.25) is 23.6 Å². The Morgan fingerprint density at radius 1 is 0.943 bits per heavy atom. The maximum atomic E-state index is 12.9. The number of hydrogen-bond acceptors (Lipinski definition) is 9. The van der Waals surface area contributed by atoms with Crippen molar-refractivity contribution >= 4 is 41.4 Å². The number of phenolic OH excluding ortho intramolecular Hbond substituents is 1. The Bertz CT molecular complexity index is 898. The van der Waals surface area contributed by atoms with Gasteiger partial charge in [-0.1, -0.05) is 12.1 Å². The van der Waals surface area contributed by atoms with Crippen LogP contribution in [0.25, 0.3) is 0 Å². The fourth-order valence-corrected chi connectivity index (χ4v) is 3.37. The summed E-state index contributed by atoms with van der Waals surface area (Å²) in [6, 6.07) is 0.434. The van der Waals surface area contributed by atoms with Gasteiger partial charge in [0.1, 0.15) is 23.9 Å². The number of carboxylic acids is 1. The summed E-state index contributed by atoms with van der Waals surface area (Å²) >= 11 is 1.40. The number of hydrogen-bond donors (Lipinski definition) is 8. The molecular formula is C21H31N5O8S. The molecule has 0 aliphatic heterocycles. The maximum Gasteiger partial charge on any atom is 0.326 e. The summed E-state index contributed by atoms with van der Waals surface area (Å²) in [6.45, 7) is -0.847. The highest BCUT2D eigenvalue weighted by molar-refractivity contribution is 7.98. The fourth-order valence-electron chi connectivity index (χ4n) is 2.90. The molecule has 0 saturated heterocycles. The van der Waals surface area contributed by atoms with Crippen molar-refractivity contribution in [3.63, 3.8) is 0 Å². The second kappa shape index (κ2) is 14.8. The van der Waals surface area contributed by atoms with Gasteiger partial charge in [-0.2, -0.15) is 11.8 Å². The van der Waals surface area contributed by atoms with Crippen LogP contribution in [-0.4, -0.2) is 87.7 Å². The van der Waals surface area contributed by atoms with E-state index in [4.69, 9.17) is 11.5 Å². The number of aromatic hydroxyl groups is 1. The third kappa shape index (κ3) is 10.6. The van der Waals surface area contributed by atoms with Crippen molar-refractivity contribution < 1.29 is 39.3 Å². The van der Waals surface area contributed by atoms with Gasteiger partial charge < -0.3 is 42.7 Å². The van der Waals surface area contributed by atoms with Crippen LogP contribution in [0.15, 0.2) is 24.3 Å². The van der Waals surface area contributed by atoms with Crippen molar-refractivity contribution in [2.75, 3.05) is 18.6 Å². The molecule has 0 spiro atoms. The number of carboxylic acid groups (broad SMARTS) is 1. The number of nitrogens with one attached hydrogen (secondary N) is 3. The minimum absolute atomic E-state index is 0.0165. The minimum Gasteiger partial charge on any atom is -0.508 e. The largest absolute Gasteiger partial charge is 0.508 e. The lowest BCUT2D eigenvalue weighted by atomic mass is 10.0. The number of carbonyl (C=O) groups excluding carboxylic acids is 4. The quantitative estimate of drug-likeness (QED) is 0.122. The summed E-state index contributed by atoms with van der Waals surface area (Å²) in [5.41, 5.74) is 11.1. The van der Waals surface area contributed by atoms with Gasteiger partial charge in [-0.25, -0.2) is 4.79 Å². The van der Waals surface area contributed by atoms with Crippen molar-refractivity contribution in [3.05, 3.63) is 29.8 Å². The summed E-state index contributed by atoms with van der Waals surface area (Å²) in [7, 11) is 0.